The SMILES string of the molecule is C[C@@H](CCc1ccccc1)NC(=O)Nc1ccn(Cc2cccnc2)n1. The fourth-order valence-electron chi connectivity index (χ4n) is 2.67. The third-order valence-corrected chi connectivity index (χ3v) is 4.04. The quantitative estimate of drug-likeness (QED) is 0.686. The first kappa shape index (κ1) is 17.7. The predicted molar refractivity (Wildman–Crippen MR) is 102 cm³/mol. The molecule has 1 aromatic carbocycles. The Bertz CT molecular complexity index is 816. The van der Waals surface area contributed by atoms with Crippen LogP contribution in [0.3, 0.4) is 0 Å². The third kappa shape index (κ3) is 5.44. The lowest BCUT2D eigenvalue weighted by molar-refractivity contribution is 0.248. The Labute approximate surface area is 153 Å². The second-order valence-corrected chi connectivity index (χ2v) is 6.28. The van der Waals surface area contributed by atoms with Crippen LogP contribution in [0.1, 0.15) is 24.5 Å². The Morgan fingerprint density at radius 1 is 1.12 bits per heavy atom. The van der Waals surface area contributed by atoms with E-state index in [2.05, 4.69) is 32.8 Å². The van der Waals surface area contributed by atoms with Crippen molar-refractivity contribution >= 4 is 11.8 Å². The van der Waals surface area contributed by atoms with E-state index in [0.717, 1.165) is 18.4 Å². The monoisotopic (exact) mass is 349 g/mol. The minimum Gasteiger partial charge on any atom is -0.335 e. The Balaban J connectivity index is 1.44. The van der Waals surface area contributed by atoms with Crippen LogP contribution in [-0.2, 0) is 13.0 Å². The molecule has 0 unspecified atom stereocenters. The number of carbonyl (C=O) groups excluding carboxylic acids is 1. The largest absolute Gasteiger partial charge is 0.335 e. The number of rotatable bonds is 7. The number of aromatic nitrogens is 3. The van der Waals surface area contributed by atoms with E-state index in [1.165, 1.54) is 5.56 Å². The van der Waals surface area contributed by atoms with E-state index in [0.29, 0.717) is 12.4 Å². The van der Waals surface area contributed by atoms with Gasteiger partial charge in [-0.25, -0.2) is 4.79 Å². The molecule has 0 saturated heterocycles. The molecule has 0 aliphatic carbocycles. The van der Waals surface area contributed by atoms with Crippen molar-refractivity contribution in [2.24, 2.45) is 0 Å². The van der Waals surface area contributed by atoms with E-state index < -0.39 is 0 Å². The highest BCUT2D eigenvalue weighted by atomic mass is 16.2. The van der Waals surface area contributed by atoms with Crippen LogP contribution in [0.5, 0.6) is 0 Å². The fraction of sp³-hybridized carbons (Fsp3) is 0.250. The third-order valence-electron chi connectivity index (χ3n) is 4.04. The Kier molecular flexibility index (Phi) is 5.98. The van der Waals surface area contributed by atoms with Gasteiger partial charge < -0.3 is 5.32 Å². The zero-order valence-corrected chi connectivity index (χ0v) is 14.8. The minimum absolute atomic E-state index is 0.0766. The molecule has 6 heteroatoms. The zero-order chi connectivity index (χ0) is 18.2. The van der Waals surface area contributed by atoms with E-state index in [-0.39, 0.29) is 12.1 Å². The van der Waals surface area contributed by atoms with Crippen LogP contribution in [0.15, 0.2) is 67.1 Å². The van der Waals surface area contributed by atoms with Crippen molar-refractivity contribution < 1.29 is 4.79 Å². The first-order valence-corrected chi connectivity index (χ1v) is 8.73. The molecule has 3 aromatic rings. The highest BCUT2D eigenvalue weighted by molar-refractivity contribution is 5.88. The Morgan fingerprint density at radius 2 is 1.92 bits per heavy atom. The van der Waals surface area contributed by atoms with Crippen LogP contribution in [0.2, 0.25) is 0 Å². The molecule has 0 radical (unpaired) electrons. The normalized spacial score (nSPS) is 11.7. The predicted octanol–water partition coefficient (Wildman–Crippen LogP) is 3.47. The number of nitrogens with zero attached hydrogens (tertiary/aromatic N) is 3. The summed E-state index contributed by atoms with van der Waals surface area (Å²) in [6.45, 7) is 2.62. The van der Waals surface area contributed by atoms with Crippen LogP contribution in [0, 0.1) is 0 Å². The molecular formula is C20H23N5O. The van der Waals surface area contributed by atoms with Crippen molar-refractivity contribution in [1.82, 2.24) is 20.1 Å². The van der Waals surface area contributed by atoms with Gasteiger partial charge in [0.05, 0.1) is 6.54 Å². The zero-order valence-electron chi connectivity index (χ0n) is 14.8. The number of benzene rings is 1. The van der Waals surface area contributed by atoms with Gasteiger partial charge in [-0.15, -0.1) is 0 Å². The smallest absolute Gasteiger partial charge is 0.320 e. The standard InChI is InChI=1S/C20H23N5O/c1-16(9-10-17-6-3-2-4-7-17)22-20(26)23-19-11-13-25(24-19)15-18-8-5-12-21-14-18/h2-8,11-14,16H,9-10,15H2,1H3,(H2,22,23,24,26)/t16-/m0/s1. The maximum atomic E-state index is 12.1. The van der Waals surface area contributed by atoms with Gasteiger partial charge in [0.25, 0.3) is 0 Å². The second-order valence-electron chi connectivity index (χ2n) is 6.28. The molecule has 3 rings (SSSR count). The summed E-state index contributed by atoms with van der Waals surface area (Å²) in [5, 5.41) is 10.1. The number of anilines is 1. The lowest BCUT2D eigenvalue weighted by Crippen LogP contribution is -2.36. The maximum Gasteiger partial charge on any atom is 0.320 e. The van der Waals surface area contributed by atoms with Crippen LogP contribution < -0.4 is 10.6 Å². The van der Waals surface area contributed by atoms with Gasteiger partial charge >= 0.3 is 6.03 Å². The molecule has 1 atom stereocenters. The van der Waals surface area contributed by atoms with Crippen molar-refractivity contribution in [3.63, 3.8) is 0 Å². The number of amides is 2. The first-order valence-electron chi connectivity index (χ1n) is 8.73. The second kappa shape index (κ2) is 8.80. The summed E-state index contributed by atoms with van der Waals surface area (Å²) in [5.41, 5.74) is 2.33. The highest BCUT2D eigenvalue weighted by Crippen LogP contribution is 2.07. The van der Waals surface area contributed by atoms with Gasteiger partial charge in [-0.3, -0.25) is 15.0 Å². The number of urea groups is 1. The molecule has 0 spiro atoms. The lowest BCUT2D eigenvalue weighted by atomic mass is 10.1. The molecule has 0 saturated carbocycles. The van der Waals surface area contributed by atoms with Crippen molar-refractivity contribution in [2.45, 2.75) is 32.4 Å². The van der Waals surface area contributed by atoms with Gasteiger partial charge in [0, 0.05) is 30.7 Å². The summed E-state index contributed by atoms with van der Waals surface area (Å²) in [6, 6.07) is 15.8. The van der Waals surface area contributed by atoms with E-state index in [1.807, 2.05) is 43.5 Å². The van der Waals surface area contributed by atoms with Gasteiger partial charge in [0.2, 0.25) is 0 Å². The van der Waals surface area contributed by atoms with Gasteiger partial charge in [-0.1, -0.05) is 36.4 Å². The number of hydrogen-bond donors (Lipinski definition) is 2. The van der Waals surface area contributed by atoms with Crippen molar-refractivity contribution in [1.29, 1.82) is 0 Å². The van der Waals surface area contributed by atoms with Crippen LogP contribution in [-0.4, -0.2) is 26.8 Å². The summed E-state index contributed by atoms with van der Waals surface area (Å²) >= 11 is 0. The molecule has 134 valence electrons. The van der Waals surface area contributed by atoms with Crippen molar-refractivity contribution in [2.75, 3.05) is 5.32 Å². The van der Waals surface area contributed by atoms with Crippen LogP contribution in [0.4, 0.5) is 10.6 Å². The summed E-state index contributed by atoms with van der Waals surface area (Å²) in [6.07, 6.45) is 7.19. The molecular weight excluding hydrogens is 326 g/mol. The van der Waals surface area contributed by atoms with E-state index in [1.54, 1.807) is 23.1 Å². The topological polar surface area (TPSA) is 71.8 Å². The van der Waals surface area contributed by atoms with Gasteiger partial charge in [0.15, 0.2) is 5.82 Å². The molecule has 6 nitrogen and oxygen atoms in total. The number of hydrogen-bond acceptors (Lipinski definition) is 3. The number of nitrogens with one attached hydrogen (secondary N) is 2. The van der Waals surface area contributed by atoms with Gasteiger partial charge in [-0.05, 0) is 37.0 Å². The van der Waals surface area contributed by atoms with Gasteiger partial charge in [0.1, 0.15) is 0 Å². The highest BCUT2D eigenvalue weighted by Gasteiger charge is 2.09. The Morgan fingerprint density at radius 3 is 2.69 bits per heavy atom. The van der Waals surface area contributed by atoms with Crippen molar-refractivity contribution in [3.05, 3.63) is 78.2 Å². The molecule has 0 fully saturated rings. The summed E-state index contributed by atoms with van der Waals surface area (Å²) in [7, 11) is 0. The summed E-state index contributed by atoms with van der Waals surface area (Å²) in [4.78, 5) is 16.2. The lowest BCUT2D eigenvalue weighted by Gasteiger charge is -2.14. The molecule has 26 heavy (non-hydrogen) atoms. The summed E-state index contributed by atoms with van der Waals surface area (Å²) in [5.74, 6) is 0.529. The Hall–Kier alpha value is -3.15. The van der Waals surface area contributed by atoms with E-state index >= 15 is 0 Å². The van der Waals surface area contributed by atoms with Crippen LogP contribution in [0.25, 0.3) is 0 Å². The van der Waals surface area contributed by atoms with Gasteiger partial charge in [-0.2, -0.15) is 5.10 Å². The molecule has 2 aromatic heterocycles. The minimum atomic E-state index is -0.239. The fourth-order valence-corrected chi connectivity index (χ4v) is 2.67. The number of aryl methyl sites for hydroxylation is 1. The number of pyridine rings is 1. The average molecular weight is 349 g/mol. The van der Waals surface area contributed by atoms with Crippen LogP contribution >= 0.6 is 0 Å². The molecule has 2 N–H and O–H groups in total. The molecule has 0 bridgehead atoms. The maximum absolute atomic E-state index is 12.1. The molecule has 0 aliphatic heterocycles. The van der Waals surface area contributed by atoms with Crippen molar-refractivity contribution in [3.8, 4) is 0 Å². The molecule has 2 heterocycles. The molecule has 0 aliphatic rings. The van der Waals surface area contributed by atoms with E-state index in [9.17, 15) is 4.79 Å². The average Bonchev–Trinajstić information content (AvgIpc) is 3.08. The summed E-state index contributed by atoms with van der Waals surface area (Å²) < 4.78 is 1.77. The molecule has 2 amide bonds. The first-order chi connectivity index (χ1) is 12.7. The number of carbonyl (C=O) groups is 1. The van der Waals surface area contributed by atoms with E-state index in [4.69, 9.17) is 0 Å².